The summed E-state index contributed by atoms with van der Waals surface area (Å²) in [6, 6.07) is 0.578. The van der Waals surface area contributed by atoms with Gasteiger partial charge < -0.3 is 5.32 Å². The quantitative estimate of drug-likeness (QED) is 0.646. The summed E-state index contributed by atoms with van der Waals surface area (Å²) in [7, 11) is 0. The Morgan fingerprint density at radius 1 is 1.46 bits per heavy atom. The lowest BCUT2D eigenvalue weighted by molar-refractivity contribution is 0.288. The summed E-state index contributed by atoms with van der Waals surface area (Å²) in [6.45, 7) is 14.6. The second-order valence-electron chi connectivity index (χ2n) is 5.31. The van der Waals surface area contributed by atoms with Gasteiger partial charge in [0.1, 0.15) is 0 Å². The molecule has 1 heterocycles. The summed E-state index contributed by atoms with van der Waals surface area (Å²) in [5, 5.41) is 3.51. The van der Waals surface area contributed by atoms with E-state index in [0.717, 1.165) is 0 Å². The molecule has 2 atom stereocenters. The van der Waals surface area contributed by atoms with Crippen LogP contribution < -0.4 is 5.32 Å². The van der Waals surface area contributed by atoms with Crippen molar-refractivity contribution in [2.75, 3.05) is 6.54 Å². The van der Waals surface area contributed by atoms with E-state index in [4.69, 9.17) is 0 Å². The largest absolute Gasteiger partial charge is 0.310 e. The molecule has 13 heavy (non-hydrogen) atoms. The van der Waals surface area contributed by atoms with Crippen LogP contribution in [0.25, 0.3) is 0 Å². The van der Waals surface area contributed by atoms with Gasteiger partial charge in [0, 0.05) is 6.04 Å². The minimum atomic E-state index is 0.349. The smallest absolute Gasteiger partial charge is 0.0280 e. The van der Waals surface area contributed by atoms with E-state index >= 15 is 0 Å². The summed E-state index contributed by atoms with van der Waals surface area (Å²) in [5.41, 5.74) is 1.74. The van der Waals surface area contributed by atoms with Gasteiger partial charge in [-0.15, -0.1) is 0 Å². The Bertz CT molecular complexity index is 182. The van der Waals surface area contributed by atoms with Gasteiger partial charge in [-0.25, -0.2) is 0 Å². The number of hydrogen-bond donors (Lipinski definition) is 1. The molecule has 1 aliphatic heterocycles. The van der Waals surface area contributed by atoms with Gasteiger partial charge in [-0.3, -0.25) is 0 Å². The number of nitrogens with one attached hydrogen (secondary N) is 1. The topological polar surface area (TPSA) is 12.0 Å². The van der Waals surface area contributed by atoms with Crippen molar-refractivity contribution >= 4 is 0 Å². The van der Waals surface area contributed by atoms with Crippen LogP contribution in [-0.4, -0.2) is 12.6 Å². The fourth-order valence-electron chi connectivity index (χ4n) is 1.86. The van der Waals surface area contributed by atoms with E-state index in [-0.39, 0.29) is 0 Å². The fourth-order valence-corrected chi connectivity index (χ4v) is 1.86. The van der Waals surface area contributed by atoms with Crippen molar-refractivity contribution in [1.82, 2.24) is 5.32 Å². The van der Waals surface area contributed by atoms with Crippen molar-refractivity contribution in [2.24, 2.45) is 11.3 Å². The molecule has 0 bridgehead atoms. The summed E-state index contributed by atoms with van der Waals surface area (Å²) in [6.07, 6.45) is 2.58. The average Bonchev–Trinajstić information content (AvgIpc) is 2.51. The first-order valence-electron chi connectivity index (χ1n) is 5.35. The molecular weight excluding hydrogens is 158 g/mol. The minimum absolute atomic E-state index is 0.349. The molecule has 0 spiro atoms. The fraction of sp³-hybridized carbons (Fsp3) is 0.833. The van der Waals surface area contributed by atoms with Crippen LogP contribution in [0.3, 0.4) is 0 Å². The maximum absolute atomic E-state index is 4.24. The molecule has 0 saturated carbocycles. The molecule has 1 N–H and O–H groups in total. The SMILES string of the molecule is C=C(C1CCCN1)[C@@H](C)C(C)(C)C. The number of hydrogen-bond acceptors (Lipinski definition) is 1. The van der Waals surface area contributed by atoms with E-state index in [1.807, 2.05) is 0 Å². The van der Waals surface area contributed by atoms with E-state index in [1.165, 1.54) is 25.0 Å². The maximum atomic E-state index is 4.24. The Hall–Kier alpha value is -0.300. The van der Waals surface area contributed by atoms with Crippen LogP contribution in [0.2, 0.25) is 0 Å². The zero-order chi connectivity index (χ0) is 10.1. The highest BCUT2D eigenvalue weighted by Gasteiger charge is 2.28. The third kappa shape index (κ3) is 2.57. The summed E-state index contributed by atoms with van der Waals surface area (Å²) in [4.78, 5) is 0. The lowest BCUT2D eigenvalue weighted by Gasteiger charge is -2.32. The van der Waals surface area contributed by atoms with E-state index in [2.05, 4.69) is 39.6 Å². The molecule has 1 heteroatoms. The molecule has 0 aromatic carbocycles. The van der Waals surface area contributed by atoms with Crippen LogP contribution in [0.4, 0.5) is 0 Å². The Balaban J connectivity index is 2.56. The summed E-state index contributed by atoms with van der Waals surface area (Å²) < 4.78 is 0. The van der Waals surface area contributed by atoms with Gasteiger partial charge >= 0.3 is 0 Å². The number of rotatable bonds is 2. The molecule has 1 saturated heterocycles. The van der Waals surface area contributed by atoms with Gasteiger partial charge in [-0.2, -0.15) is 0 Å². The molecule has 0 aromatic heterocycles. The molecule has 1 nitrogen and oxygen atoms in total. The van der Waals surface area contributed by atoms with E-state index in [1.54, 1.807) is 0 Å². The van der Waals surface area contributed by atoms with Gasteiger partial charge in [0.25, 0.3) is 0 Å². The van der Waals surface area contributed by atoms with Crippen LogP contribution in [0.5, 0.6) is 0 Å². The van der Waals surface area contributed by atoms with Crippen LogP contribution in [0, 0.1) is 11.3 Å². The Labute approximate surface area is 82.6 Å². The molecule has 1 rings (SSSR count). The third-order valence-corrected chi connectivity index (χ3v) is 3.36. The molecule has 0 amide bonds. The lowest BCUT2D eigenvalue weighted by atomic mass is 9.75. The van der Waals surface area contributed by atoms with Gasteiger partial charge in [0.2, 0.25) is 0 Å². The standard InChI is InChI=1S/C12H23N/c1-9(10(2)12(3,4)5)11-7-6-8-13-11/h10-11,13H,1,6-8H2,2-5H3/t10-,11?/m1/s1. The van der Waals surface area contributed by atoms with Crippen molar-refractivity contribution in [3.63, 3.8) is 0 Å². The van der Waals surface area contributed by atoms with Crippen molar-refractivity contribution in [2.45, 2.75) is 46.6 Å². The molecule has 1 unspecified atom stereocenters. The van der Waals surface area contributed by atoms with Crippen LogP contribution in [-0.2, 0) is 0 Å². The zero-order valence-electron chi connectivity index (χ0n) is 9.48. The molecule has 1 fully saturated rings. The van der Waals surface area contributed by atoms with E-state index < -0.39 is 0 Å². The third-order valence-electron chi connectivity index (χ3n) is 3.36. The molecule has 0 aliphatic carbocycles. The van der Waals surface area contributed by atoms with E-state index in [0.29, 0.717) is 17.4 Å². The first kappa shape index (κ1) is 10.8. The van der Waals surface area contributed by atoms with Gasteiger partial charge in [-0.1, -0.05) is 39.8 Å². The van der Waals surface area contributed by atoms with Gasteiger partial charge in [0.05, 0.1) is 0 Å². The van der Waals surface area contributed by atoms with E-state index in [9.17, 15) is 0 Å². The van der Waals surface area contributed by atoms with Crippen molar-refractivity contribution in [3.8, 4) is 0 Å². The second-order valence-corrected chi connectivity index (χ2v) is 5.31. The maximum Gasteiger partial charge on any atom is 0.0280 e. The monoisotopic (exact) mass is 181 g/mol. The predicted molar refractivity (Wildman–Crippen MR) is 58.8 cm³/mol. The van der Waals surface area contributed by atoms with Crippen LogP contribution in [0.15, 0.2) is 12.2 Å². The molecule has 0 aromatic rings. The first-order valence-corrected chi connectivity index (χ1v) is 5.35. The Morgan fingerprint density at radius 2 is 2.08 bits per heavy atom. The highest BCUT2D eigenvalue weighted by molar-refractivity contribution is 5.13. The van der Waals surface area contributed by atoms with Crippen molar-refractivity contribution < 1.29 is 0 Å². The Morgan fingerprint density at radius 3 is 2.46 bits per heavy atom. The summed E-state index contributed by atoms with van der Waals surface area (Å²) in [5.74, 6) is 0.600. The second kappa shape index (κ2) is 3.83. The Kier molecular flexibility index (Phi) is 3.18. The highest BCUT2D eigenvalue weighted by Crippen LogP contribution is 2.33. The van der Waals surface area contributed by atoms with Crippen molar-refractivity contribution in [1.29, 1.82) is 0 Å². The highest BCUT2D eigenvalue weighted by atomic mass is 14.9. The molecule has 1 aliphatic rings. The van der Waals surface area contributed by atoms with Gasteiger partial charge in [-0.05, 0) is 30.7 Å². The zero-order valence-corrected chi connectivity index (χ0v) is 9.48. The predicted octanol–water partition coefficient (Wildman–Crippen LogP) is 2.98. The molecule has 76 valence electrons. The first-order chi connectivity index (χ1) is 5.93. The molecule has 0 radical (unpaired) electrons. The lowest BCUT2D eigenvalue weighted by Crippen LogP contribution is -2.31. The molecular formula is C12H23N. The van der Waals surface area contributed by atoms with Crippen LogP contribution in [0.1, 0.15) is 40.5 Å². The minimum Gasteiger partial charge on any atom is -0.310 e. The normalized spacial score (nSPS) is 26.0. The average molecular weight is 181 g/mol. The summed E-state index contributed by atoms with van der Waals surface area (Å²) >= 11 is 0. The van der Waals surface area contributed by atoms with Crippen molar-refractivity contribution in [3.05, 3.63) is 12.2 Å². The van der Waals surface area contributed by atoms with Gasteiger partial charge in [0.15, 0.2) is 0 Å². The van der Waals surface area contributed by atoms with Crippen LogP contribution >= 0.6 is 0 Å².